The van der Waals surface area contributed by atoms with Crippen LogP contribution in [0.5, 0.6) is 0 Å². The lowest BCUT2D eigenvalue weighted by Crippen LogP contribution is -2.27. The van der Waals surface area contributed by atoms with E-state index in [4.69, 9.17) is 0 Å². The first-order chi connectivity index (χ1) is 8.04. The van der Waals surface area contributed by atoms with Gasteiger partial charge in [0.25, 0.3) is 0 Å². The van der Waals surface area contributed by atoms with E-state index in [9.17, 15) is 8.42 Å². The molecular formula is C11H17N3O2S. The van der Waals surface area contributed by atoms with Gasteiger partial charge in [0.05, 0.1) is 0 Å². The molecule has 17 heavy (non-hydrogen) atoms. The van der Waals surface area contributed by atoms with Gasteiger partial charge in [-0.2, -0.15) is 0 Å². The maximum absolute atomic E-state index is 12.1. The maximum Gasteiger partial charge on any atom is 0.244 e. The third-order valence-electron chi connectivity index (χ3n) is 2.82. The van der Waals surface area contributed by atoms with Crippen LogP contribution in [-0.2, 0) is 10.0 Å². The summed E-state index contributed by atoms with van der Waals surface area (Å²) in [7, 11) is -3.46. The van der Waals surface area contributed by atoms with Crippen molar-refractivity contribution in [1.82, 2.24) is 9.71 Å². The molecule has 1 saturated carbocycles. The average molecular weight is 255 g/mol. The fourth-order valence-electron chi connectivity index (χ4n) is 1.66. The summed E-state index contributed by atoms with van der Waals surface area (Å²) in [6.45, 7) is 4.57. The third kappa shape index (κ3) is 2.76. The SMILES string of the molecule is CCNc1ncccc1S(=O)(=O)NC1CC1C. The standard InChI is InChI=1S/C11H17N3O2S/c1-3-12-11-10(5-4-6-13-11)17(15,16)14-9-7-8(9)2/h4-6,8-9,14H,3,7H2,1-2H3,(H,12,13). The van der Waals surface area contributed by atoms with Crippen molar-refractivity contribution in [2.45, 2.75) is 31.2 Å². The molecule has 2 unspecified atom stereocenters. The zero-order chi connectivity index (χ0) is 12.5. The molecule has 1 aliphatic rings. The number of nitrogens with one attached hydrogen (secondary N) is 2. The summed E-state index contributed by atoms with van der Waals surface area (Å²) < 4.78 is 27.0. The van der Waals surface area contributed by atoms with Crippen LogP contribution in [0.25, 0.3) is 0 Å². The second-order valence-electron chi connectivity index (χ2n) is 4.32. The summed E-state index contributed by atoms with van der Waals surface area (Å²) >= 11 is 0. The molecule has 5 nitrogen and oxygen atoms in total. The number of nitrogens with zero attached hydrogens (tertiary/aromatic N) is 1. The molecule has 0 aromatic carbocycles. The van der Waals surface area contributed by atoms with Crippen molar-refractivity contribution in [2.24, 2.45) is 5.92 Å². The van der Waals surface area contributed by atoms with Crippen molar-refractivity contribution in [1.29, 1.82) is 0 Å². The van der Waals surface area contributed by atoms with Crippen LogP contribution in [0.15, 0.2) is 23.2 Å². The van der Waals surface area contributed by atoms with Gasteiger partial charge in [0.1, 0.15) is 10.7 Å². The summed E-state index contributed by atoms with van der Waals surface area (Å²) in [6.07, 6.45) is 2.49. The second kappa shape index (κ2) is 4.62. The molecule has 0 radical (unpaired) electrons. The Morgan fingerprint density at radius 1 is 1.53 bits per heavy atom. The normalized spacial score (nSPS) is 23.4. The summed E-state index contributed by atoms with van der Waals surface area (Å²) in [5, 5.41) is 2.96. The summed E-state index contributed by atoms with van der Waals surface area (Å²) in [5.41, 5.74) is 0. The van der Waals surface area contributed by atoms with Crippen molar-refractivity contribution in [3.05, 3.63) is 18.3 Å². The highest BCUT2D eigenvalue weighted by atomic mass is 32.2. The molecule has 1 aromatic rings. The lowest BCUT2D eigenvalue weighted by Gasteiger charge is -2.10. The van der Waals surface area contributed by atoms with Crippen molar-refractivity contribution >= 4 is 15.8 Å². The highest BCUT2D eigenvalue weighted by molar-refractivity contribution is 7.89. The molecule has 1 fully saturated rings. The largest absolute Gasteiger partial charge is 0.369 e. The van der Waals surface area contributed by atoms with E-state index in [2.05, 4.69) is 15.0 Å². The van der Waals surface area contributed by atoms with Crippen molar-refractivity contribution in [2.75, 3.05) is 11.9 Å². The molecule has 0 amide bonds. The predicted octanol–water partition coefficient (Wildman–Crippen LogP) is 1.20. The molecule has 94 valence electrons. The van der Waals surface area contributed by atoms with E-state index in [1.807, 2.05) is 13.8 Å². The van der Waals surface area contributed by atoms with Crippen LogP contribution < -0.4 is 10.0 Å². The number of hydrogen-bond acceptors (Lipinski definition) is 4. The molecule has 2 N–H and O–H groups in total. The van der Waals surface area contributed by atoms with E-state index in [-0.39, 0.29) is 10.9 Å². The Labute approximate surface area is 102 Å². The predicted molar refractivity (Wildman–Crippen MR) is 66.3 cm³/mol. The van der Waals surface area contributed by atoms with Gasteiger partial charge >= 0.3 is 0 Å². The summed E-state index contributed by atoms with van der Waals surface area (Å²) in [5.74, 6) is 0.847. The molecule has 0 spiro atoms. The molecule has 0 saturated heterocycles. The molecule has 6 heteroatoms. The molecule has 1 aliphatic carbocycles. The Morgan fingerprint density at radius 2 is 2.24 bits per heavy atom. The molecule has 2 rings (SSSR count). The quantitative estimate of drug-likeness (QED) is 0.829. The van der Waals surface area contributed by atoms with Gasteiger partial charge in [0.2, 0.25) is 10.0 Å². The van der Waals surface area contributed by atoms with E-state index >= 15 is 0 Å². The number of sulfonamides is 1. The highest BCUT2D eigenvalue weighted by Crippen LogP contribution is 2.31. The minimum Gasteiger partial charge on any atom is -0.369 e. The minimum absolute atomic E-state index is 0.0784. The molecule has 1 heterocycles. The van der Waals surface area contributed by atoms with Gasteiger partial charge in [-0.25, -0.2) is 18.1 Å². The lowest BCUT2D eigenvalue weighted by atomic mass is 10.4. The first kappa shape index (κ1) is 12.3. The van der Waals surface area contributed by atoms with E-state index < -0.39 is 10.0 Å². The number of rotatable bonds is 5. The van der Waals surface area contributed by atoms with Gasteiger partial charge in [-0.3, -0.25) is 0 Å². The number of aromatic nitrogens is 1. The molecule has 2 atom stereocenters. The van der Waals surface area contributed by atoms with Crippen LogP contribution >= 0.6 is 0 Å². The van der Waals surface area contributed by atoms with E-state index in [0.717, 1.165) is 6.42 Å². The summed E-state index contributed by atoms with van der Waals surface area (Å²) in [6, 6.07) is 3.28. The van der Waals surface area contributed by atoms with E-state index in [0.29, 0.717) is 18.3 Å². The Bertz CT molecular complexity index is 501. The van der Waals surface area contributed by atoms with Crippen LogP contribution in [0.3, 0.4) is 0 Å². The van der Waals surface area contributed by atoms with Gasteiger partial charge in [-0.05, 0) is 31.4 Å². The van der Waals surface area contributed by atoms with Crippen LogP contribution in [0.4, 0.5) is 5.82 Å². The maximum atomic E-state index is 12.1. The Kier molecular flexibility index (Phi) is 3.35. The smallest absolute Gasteiger partial charge is 0.244 e. The zero-order valence-electron chi connectivity index (χ0n) is 9.97. The Balaban J connectivity index is 2.25. The second-order valence-corrected chi connectivity index (χ2v) is 6.00. The minimum atomic E-state index is -3.46. The van der Waals surface area contributed by atoms with Gasteiger partial charge in [0.15, 0.2) is 0 Å². The molecule has 1 aromatic heterocycles. The van der Waals surface area contributed by atoms with Gasteiger partial charge in [0, 0.05) is 18.8 Å². The van der Waals surface area contributed by atoms with Crippen molar-refractivity contribution in [3.8, 4) is 0 Å². The fraction of sp³-hybridized carbons (Fsp3) is 0.545. The van der Waals surface area contributed by atoms with Crippen molar-refractivity contribution in [3.63, 3.8) is 0 Å². The van der Waals surface area contributed by atoms with Crippen LogP contribution in [0, 0.1) is 5.92 Å². The Hall–Kier alpha value is -1.14. The van der Waals surface area contributed by atoms with Crippen LogP contribution in [0.2, 0.25) is 0 Å². The van der Waals surface area contributed by atoms with Crippen LogP contribution in [-0.4, -0.2) is 26.0 Å². The van der Waals surface area contributed by atoms with E-state index in [1.54, 1.807) is 18.3 Å². The van der Waals surface area contributed by atoms with Crippen LogP contribution in [0.1, 0.15) is 20.3 Å². The zero-order valence-corrected chi connectivity index (χ0v) is 10.8. The highest BCUT2D eigenvalue weighted by Gasteiger charge is 2.37. The van der Waals surface area contributed by atoms with Crippen molar-refractivity contribution < 1.29 is 8.42 Å². The lowest BCUT2D eigenvalue weighted by molar-refractivity contribution is 0.578. The first-order valence-corrected chi connectivity index (χ1v) is 7.24. The van der Waals surface area contributed by atoms with Gasteiger partial charge < -0.3 is 5.32 Å². The molecule has 0 bridgehead atoms. The number of anilines is 1. The monoisotopic (exact) mass is 255 g/mol. The molecular weight excluding hydrogens is 238 g/mol. The average Bonchev–Trinajstić information content (AvgIpc) is 2.94. The Morgan fingerprint density at radius 3 is 2.82 bits per heavy atom. The first-order valence-electron chi connectivity index (χ1n) is 5.76. The molecule has 0 aliphatic heterocycles. The number of hydrogen-bond donors (Lipinski definition) is 2. The van der Waals surface area contributed by atoms with Gasteiger partial charge in [-0.1, -0.05) is 6.92 Å². The van der Waals surface area contributed by atoms with E-state index in [1.165, 1.54) is 0 Å². The van der Waals surface area contributed by atoms with Gasteiger partial charge in [-0.15, -0.1) is 0 Å². The third-order valence-corrected chi connectivity index (χ3v) is 4.34. The topological polar surface area (TPSA) is 71.1 Å². The fourth-order valence-corrected chi connectivity index (χ4v) is 3.15. The summed E-state index contributed by atoms with van der Waals surface area (Å²) in [4.78, 5) is 4.27. The number of pyridine rings is 1.